The van der Waals surface area contributed by atoms with Crippen LogP contribution in [0.25, 0.3) is 0 Å². The predicted molar refractivity (Wildman–Crippen MR) is 63.2 cm³/mol. The van der Waals surface area contributed by atoms with Gasteiger partial charge in [-0.05, 0) is 12.1 Å². The van der Waals surface area contributed by atoms with Gasteiger partial charge in [-0.1, -0.05) is 25.6 Å². The lowest BCUT2D eigenvalue weighted by atomic mass is 10.2. The van der Waals surface area contributed by atoms with Crippen LogP contribution in [-0.2, 0) is 0 Å². The fraction of sp³-hybridized carbons (Fsp3) is 0.333. The summed E-state index contributed by atoms with van der Waals surface area (Å²) in [5, 5.41) is 0. The van der Waals surface area contributed by atoms with Crippen LogP contribution in [0.1, 0.15) is 5.56 Å². The molecule has 0 saturated heterocycles. The maximum Gasteiger partial charge on any atom is 0.142 e. The van der Waals surface area contributed by atoms with E-state index in [1.54, 1.807) is 12.1 Å². The van der Waals surface area contributed by atoms with Crippen LogP contribution >= 0.6 is 0 Å². The van der Waals surface area contributed by atoms with Crippen molar-refractivity contribution in [2.24, 2.45) is 0 Å². The third-order valence-corrected chi connectivity index (χ3v) is 2.62. The minimum absolute atomic E-state index is 0.319. The first-order chi connectivity index (χ1) is 6.92. The molecule has 1 aromatic rings. The molecule has 0 bridgehead atoms. The average molecular weight is 222 g/mol. The van der Waals surface area contributed by atoms with E-state index in [0.29, 0.717) is 11.3 Å². The zero-order chi connectivity index (χ0) is 11.5. The van der Waals surface area contributed by atoms with Crippen LogP contribution in [0.5, 0.6) is 5.75 Å². The number of methoxy groups -OCH3 is 1. The molecule has 0 unspecified atom stereocenters. The van der Waals surface area contributed by atoms with Crippen molar-refractivity contribution < 1.29 is 9.13 Å². The molecule has 3 heteroatoms. The normalized spacial score (nSPS) is 10.5. The second-order valence-corrected chi connectivity index (χ2v) is 9.10. The molecule has 80 valence electrons. The lowest BCUT2D eigenvalue weighted by Crippen LogP contribution is -2.16. The first kappa shape index (κ1) is 11.8. The highest BCUT2D eigenvalue weighted by Crippen LogP contribution is 2.15. The predicted octanol–water partition coefficient (Wildman–Crippen LogP) is 3.06. The number of rotatable bonds is 1. The van der Waals surface area contributed by atoms with Gasteiger partial charge in [0.25, 0.3) is 0 Å². The third kappa shape index (κ3) is 3.76. The zero-order valence-corrected chi connectivity index (χ0v) is 10.5. The summed E-state index contributed by atoms with van der Waals surface area (Å²) in [4.78, 5) is 0. The summed E-state index contributed by atoms with van der Waals surface area (Å²) in [6, 6.07) is 4.73. The molecule has 0 amide bonds. The van der Waals surface area contributed by atoms with Crippen LogP contribution < -0.4 is 4.74 Å². The Hall–Kier alpha value is -1.27. The average Bonchev–Trinajstić information content (AvgIpc) is 2.14. The molecule has 1 rings (SSSR count). The Balaban J connectivity index is 3.01. The Kier molecular flexibility index (Phi) is 3.54. The van der Waals surface area contributed by atoms with Crippen LogP contribution in [0.15, 0.2) is 18.2 Å². The molecule has 0 N–H and O–H groups in total. The Morgan fingerprint density at radius 3 is 2.40 bits per heavy atom. The molecule has 0 aliphatic rings. The second-order valence-electron chi connectivity index (χ2n) is 4.35. The molecule has 1 aromatic carbocycles. The number of ether oxygens (including phenoxy) is 1. The lowest BCUT2D eigenvalue weighted by molar-refractivity contribution is 0.411. The molecule has 0 atom stereocenters. The summed E-state index contributed by atoms with van der Waals surface area (Å²) in [5.74, 6) is 3.09. The van der Waals surface area contributed by atoms with E-state index in [-0.39, 0.29) is 5.82 Å². The van der Waals surface area contributed by atoms with Gasteiger partial charge in [0.05, 0.1) is 12.7 Å². The van der Waals surface area contributed by atoms with Crippen molar-refractivity contribution in [3.05, 3.63) is 29.6 Å². The second kappa shape index (κ2) is 4.50. The summed E-state index contributed by atoms with van der Waals surface area (Å²) in [5.41, 5.74) is 3.57. The van der Waals surface area contributed by atoms with E-state index < -0.39 is 8.07 Å². The Morgan fingerprint density at radius 1 is 1.27 bits per heavy atom. The number of halogens is 1. The molecule has 0 aliphatic heterocycles. The molecule has 1 nitrogen and oxygen atoms in total. The van der Waals surface area contributed by atoms with Gasteiger partial charge >= 0.3 is 0 Å². The Labute approximate surface area is 91.3 Å². The zero-order valence-electron chi connectivity index (χ0n) is 9.52. The first-order valence-electron chi connectivity index (χ1n) is 4.79. The molecule has 15 heavy (non-hydrogen) atoms. The summed E-state index contributed by atoms with van der Waals surface area (Å²) in [6.07, 6.45) is 0. The molecular formula is C12H15FOSi. The van der Waals surface area contributed by atoms with E-state index in [0.717, 1.165) is 0 Å². The Bertz CT molecular complexity index is 410. The maximum absolute atomic E-state index is 13.4. The van der Waals surface area contributed by atoms with Crippen molar-refractivity contribution >= 4 is 8.07 Å². The summed E-state index contributed by atoms with van der Waals surface area (Å²) < 4.78 is 18.4. The van der Waals surface area contributed by atoms with Crippen LogP contribution in [-0.4, -0.2) is 15.2 Å². The number of benzene rings is 1. The molecule has 0 heterocycles. The van der Waals surface area contributed by atoms with E-state index in [1.807, 2.05) is 0 Å². The summed E-state index contributed by atoms with van der Waals surface area (Å²) in [6.45, 7) is 6.38. The van der Waals surface area contributed by atoms with Crippen molar-refractivity contribution in [1.29, 1.82) is 0 Å². The van der Waals surface area contributed by atoms with Crippen LogP contribution in [0.2, 0.25) is 19.6 Å². The van der Waals surface area contributed by atoms with E-state index in [9.17, 15) is 4.39 Å². The van der Waals surface area contributed by atoms with Crippen molar-refractivity contribution in [3.8, 4) is 17.2 Å². The summed E-state index contributed by atoms with van der Waals surface area (Å²) >= 11 is 0. The van der Waals surface area contributed by atoms with E-state index in [1.165, 1.54) is 13.2 Å². The first-order valence-corrected chi connectivity index (χ1v) is 8.29. The van der Waals surface area contributed by atoms with Gasteiger partial charge < -0.3 is 4.74 Å². The van der Waals surface area contributed by atoms with Crippen molar-refractivity contribution in [2.45, 2.75) is 19.6 Å². The fourth-order valence-electron chi connectivity index (χ4n) is 0.979. The van der Waals surface area contributed by atoms with Gasteiger partial charge in [0, 0.05) is 6.07 Å². The fourth-order valence-corrected chi connectivity index (χ4v) is 1.49. The van der Waals surface area contributed by atoms with Crippen LogP contribution in [0, 0.1) is 17.3 Å². The van der Waals surface area contributed by atoms with E-state index in [2.05, 4.69) is 31.1 Å². The largest absolute Gasteiger partial charge is 0.497 e. The van der Waals surface area contributed by atoms with Crippen molar-refractivity contribution in [1.82, 2.24) is 0 Å². The monoisotopic (exact) mass is 222 g/mol. The molecule has 0 spiro atoms. The molecule has 0 aromatic heterocycles. The van der Waals surface area contributed by atoms with Gasteiger partial charge in [-0.2, -0.15) is 0 Å². The van der Waals surface area contributed by atoms with Crippen LogP contribution in [0.4, 0.5) is 4.39 Å². The third-order valence-electron chi connectivity index (χ3n) is 1.75. The smallest absolute Gasteiger partial charge is 0.142 e. The highest BCUT2D eigenvalue weighted by molar-refractivity contribution is 6.83. The highest BCUT2D eigenvalue weighted by atomic mass is 28.3. The van der Waals surface area contributed by atoms with Gasteiger partial charge in [0.2, 0.25) is 0 Å². The SMILES string of the molecule is COc1ccc(C#C[Si](C)(C)C)c(F)c1. The molecule has 0 fully saturated rings. The molecule has 0 radical (unpaired) electrons. The van der Waals surface area contributed by atoms with Gasteiger partial charge in [-0.3, -0.25) is 0 Å². The molecular weight excluding hydrogens is 207 g/mol. The van der Waals surface area contributed by atoms with Crippen molar-refractivity contribution in [2.75, 3.05) is 7.11 Å². The quantitative estimate of drug-likeness (QED) is 0.524. The lowest BCUT2D eigenvalue weighted by Gasteiger charge is -2.04. The maximum atomic E-state index is 13.4. The van der Waals surface area contributed by atoms with Crippen molar-refractivity contribution in [3.63, 3.8) is 0 Å². The highest BCUT2D eigenvalue weighted by Gasteiger charge is 2.08. The number of hydrogen-bond donors (Lipinski definition) is 0. The van der Waals surface area contributed by atoms with Crippen LogP contribution in [0.3, 0.4) is 0 Å². The van der Waals surface area contributed by atoms with Gasteiger partial charge in [-0.25, -0.2) is 4.39 Å². The summed E-state index contributed by atoms with van der Waals surface area (Å²) in [7, 11) is 0.0722. The number of hydrogen-bond acceptors (Lipinski definition) is 1. The van der Waals surface area contributed by atoms with E-state index in [4.69, 9.17) is 4.74 Å². The van der Waals surface area contributed by atoms with Gasteiger partial charge in [-0.15, -0.1) is 5.54 Å². The minimum atomic E-state index is -1.44. The standard InChI is InChI=1S/C12H15FOSi/c1-14-11-6-5-10(12(13)9-11)7-8-15(2,3)4/h5-6,9H,1-4H3. The van der Waals surface area contributed by atoms with E-state index >= 15 is 0 Å². The Morgan fingerprint density at radius 2 is 1.93 bits per heavy atom. The van der Waals surface area contributed by atoms with Gasteiger partial charge in [0.15, 0.2) is 0 Å². The molecule has 0 saturated carbocycles. The topological polar surface area (TPSA) is 9.23 Å². The van der Waals surface area contributed by atoms with Gasteiger partial charge in [0.1, 0.15) is 19.6 Å². The molecule has 0 aliphatic carbocycles. The minimum Gasteiger partial charge on any atom is -0.497 e.